The quantitative estimate of drug-likeness (QED) is 0.598. The Morgan fingerprint density at radius 1 is 1.41 bits per heavy atom. The molecule has 92 valence electrons. The van der Waals surface area contributed by atoms with Crippen LogP contribution in [-0.4, -0.2) is 29.7 Å². The summed E-state index contributed by atoms with van der Waals surface area (Å²) in [7, 11) is 0. The van der Waals surface area contributed by atoms with Crippen LogP contribution in [0.1, 0.15) is 12.0 Å². The summed E-state index contributed by atoms with van der Waals surface area (Å²) in [5.74, 6) is 0.973. The summed E-state index contributed by atoms with van der Waals surface area (Å²) in [5.41, 5.74) is 0.851. The second kappa shape index (κ2) is 7.79. The molecule has 0 unspecified atom stereocenters. The largest absolute Gasteiger partial charge is 0.494 e. The van der Waals surface area contributed by atoms with Crippen LogP contribution in [0.3, 0.4) is 0 Å². The van der Waals surface area contributed by atoms with E-state index in [-0.39, 0.29) is 0 Å². The molecule has 1 rings (SSSR count). The second-order valence-electron chi connectivity index (χ2n) is 3.44. The highest BCUT2D eigenvalue weighted by atomic mass is 32.2. The average molecular weight is 252 g/mol. The minimum atomic E-state index is -0.942. The first-order chi connectivity index (χ1) is 8.22. The van der Waals surface area contributed by atoms with E-state index in [4.69, 9.17) is 9.84 Å². The van der Waals surface area contributed by atoms with Gasteiger partial charge in [-0.2, -0.15) is 11.8 Å². The molecule has 0 aliphatic rings. The van der Waals surface area contributed by atoms with Gasteiger partial charge >= 0.3 is 5.97 Å². The van der Waals surface area contributed by atoms with Crippen molar-refractivity contribution >= 4 is 23.8 Å². The van der Waals surface area contributed by atoms with Crippen LogP contribution < -0.4 is 4.74 Å². The molecule has 1 N–H and O–H groups in total. The number of thioether (sulfide) groups is 1. The number of carboxylic acids is 1. The lowest BCUT2D eigenvalue weighted by Crippen LogP contribution is -1.98. The Labute approximate surface area is 105 Å². The first kappa shape index (κ1) is 13.6. The second-order valence-corrected chi connectivity index (χ2v) is 4.42. The summed E-state index contributed by atoms with van der Waals surface area (Å²) in [6, 6.07) is 7.37. The molecule has 0 saturated carbocycles. The minimum absolute atomic E-state index is 0.713. The van der Waals surface area contributed by atoms with Crippen molar-refractivity contribution < 1.29 is 14.6 Å². The highest BCUT2D eigenvalue weighted by Crippen LogP contribution is 2.13. The van der Waals surface area contributed by atoms with Gasteiger partial charge < -0.3 is 9.84 Å². The molecule has 1 aromatic carbocycles. The highest BCUT2D eigenvalue weighted by Gasteiger charge is 1.94. The summed E-state index contributed by atoms with van der Waals surface area (Å²) >= 11 is 1.80. The van der Waals surface area contributed by atoms with Gasteiger partial charge in [-0.3, -0.25) is 0 Å². The molecule has 0 fully saturated rings. The Hall–Kier alpha value is -1.42. The van der Waals surface area contributed by atoms with Crippen molar-refractivity contribution in [3.05, 3.63) is 35.9 Å². The molecule has 0 amide bonds. The van der Waals surface area contributed by atoms with Crippen molar-refractivity contribution in [2.45, 2.75) is 6.42 Å². The molecule has 0 aliphatic heterocycles. The minimum Gasteiger partial charge on any atom is -0.494 e. The zero-order valence-corrected chi connectivity index (χ0v) is 10.6. The van der Waals surface area contributed by atoms with Gasteiger partial charge in [-0.05, 0) is 42.2 Å². The van der Waals surface area contributed by atoms with Gasteiger partial charge in [0.25, 0.3) is 0 Å². The molecule has 0 aromatic heterocycles. The van der Waals surface area contributed by atoms with Crippen molar-refractivity contribution in [1.29, 1.82) is 0 Å². The number of hydrogen-bond acceptors (Lipinski definition) is 3. The van der Waals surface area contributed by atoms with Crippen molar-refractivity contribution in [1.82, 2.24) is 0 Å². The first-order valence-corrected chi connectivity index (χ1v) is 6.74. The number of carboxylic acid groups (broad SMARTS) is 1. The normalized spacial score (nSPS) is 10.6. The Kier molecular flexibility index (Phi) is 6.25. The SMILES string of the molecule is CSCCCOc1ccc(/C=C/C(=O)O)cc1. The molecule has 0 aliphatic carbocycles. The van der Waals surface area contributed by atoms with Crippen molar-refractivity contribution in [2.24, 2.45) is 0 Å². The van der Waals surface area contributed by atoms with E-state index in [9.17, 15) is 4.79 Å². The molecule has 0 radical (unpaired) electrons. The fourth-order valence-corrected chi connectivity index (χ4v) is 1.64. The predicted octanol–water partition coefficient (Wildman–Crippen LogP) is 2.92. The van der Waals surface area contributed by atoms with E-state index in [1.54, 1.807) is 17.8 Å². The van der Waals surface area contributed by atoms with Crippen LogP contribution in [0.4, 0.5) is 0 Å². The van der Waals surface area contributed by atoms with E-state index in [1.807, 2.05) is 24.3 Å². The summed E-state index contributed by atoms with van der Waals surface area (Å²) in [4.78, 5) is 10.3. The zero-order valence-electron chi connectivity index (χ0n) is 9.76. The highest BCUT2D eigenvalue weighted by molar-refractivity contribution is 7.98. The lowest BCUT2D eigenvalue weighted by molar-refractivity contribution is -0.131. The topological polar surface area (TPSA) is 46.5 Å². The molecular formula is C13H16O3S. The third-order valence-corrected chi connectivity index (χ3v) is 2.76. The van der Waals surface area contributed by atoms with Crippen LogP contribution in [0.5, 0.6) is 5.75 Å². The zero-order chi connectivity index (χ0) is 12.5. The summed E-state index contributed by atoms with van der Waals surface area (Å²) in [6.45, 7) is 0.713. The predicted molar refractivity (Wildman–Crippen MR) is 71.6 cm³/mol. The number of rotatable bonds is 7. The van der Waals surface area contributed by atoms with Gasteiger partial charge in [0.2, 0.25) is 0 Å². The number of benzene rings is 1. The van der Waals surface area contributed by atoms with E-state index >= 15 is 0 Å². The fraction of sp³-hybridized carbons (Fsp3) is 0.308. The van der Waals surface area contributed by atoms with E-state index in [0.29, 0.717) is 6.61 Å². The maximum absolute atomic E-state index is 10.3. The Morgan fingerprint density at radius 2 is 2.12 bits per heavy atom. The van der Waals surface area contributed by atoms with E-state index < -0.39 is 5.97 Å². The number of carbonyl (C=O) groups is 1. The maximum Gasteiger partial charge on any atom is 0.328 e. The van der Waals surface area contributed by atoms with Crippen LogP contribution in [0, 0.1) is 0 Å². The van der Waals surface area contributed by atoms with Crippen LogP contribution >= 0.6 is 11.8 Å². The fourth-order valence-electron chi connectivity index (χ4n) is 1.24. The molecule has 3 nitrogen and oxygen atoms in total. The van der Waals surface area contributed by atoms with Gasteiger partial charge in [-0.15, -0.1) is 0 Å². The summed E-state index contributed by atoms with van der Waals surface area (Å²) in [6.07, 6.45) is 5.78. The maximum atomic E-state index is 10.3. The molecule has 1 aromatic rings. The lowest BCUT2D eigenvalue weighted by Gasteiger charge is -2.05. The molecule has 0 bridgehead atoms. The average Bonchev–Trinajstić information content (AvgIpc) is 2.33. The van der Waals surface area contributed by atoms with Gasteiger partial charge in [-0.25, -0.2) is 4.79 Å². The van der Waals surface area contributed by atoms with Gasteiger partial charge in [0.05, 0.1) is 6.61 Å². The van der Waals surface area contributed by atoms with Crippen LogP contribution in [0.25, 0.3) is 6.08 Å². The van der Waals surface area contributed by atoms with Crippen molar-refractivity contribution in [3.8, 4) is 5.75 Å². The molecule has 0 heterocycles. The number of aliphatic carboxylic acids is 1. The van der Waals surface area contributed by atoms with Gasteiger partial charge in [0, 0.05) is 6.08 Å². The third-order valence-electron chi connectivity index (χ3n) is 2.06. The first-order valence-electron chi connectivity index (χ1n) is 5.35. The Balaban J connectivity index is 2.42. The summed E-state index contributed by atoms with van der Waals surface area (Å²) in [5, 5.41) is 8.48. The smallest absolute Gasteiger partial charge is 0.328 e. The molecule has 0 spiro atoms. The molecule has 0 atom stereocenters. The van der Waals surface area contributed by atoms with E-state index in [1.165, 1.54) is 0 Å². The molecule has 0 saturated heterocycles. The summed E-state index contributed by atoms with van der Waals surface area (Å²) < 4.78 is 5.53. The number of hydrogen-bond donors (Lipinski definition) is 1. The lowest BCUT2D eigenvalue weighted by atomic mass is 10.2. The van der Waals surface area contributed by atoms with Gasteiger partial charge in [0.15, 0.2) is 0 Å². The molecule has 17 heavy (non-hydrogen) atoms. The van der Waals surface area contributed by atoms with Crippen molar-refractivity contribution in [2.75, 3.05) is 18.6 Å². The van der Waals surface area contributed by atoms with Crippen LogP contribution in [0.15, 0.2) is 30.3 Å². The monoisotopic (exact) mass is 252 g/mol. The Bertz CT molecular complexity index is 371. The third kappa shape index (κ3) is 6.02. The van der Waals surface area contributed by atoms with E-state index in [0.717, 1.165) is 29.6 Å². The molecule has 4 heteroatoms. The van der Waals surface area contributed by atoms with E-state index in [2.05, 4.69) is 6.26 Å². The van der Waals surface area contributed by atoms with Crippen LogP contribution in [-0.2, 0) is 4.79 Å². The van der Waals surface area contributed by atoms with Crippen molar-refractivity contribution in [3.63, 3.8) is 0 Å². The van der Waals surface area contributed by atoms with Gasteiger partial charge in [0.1, 0.15) is 5.75 Å². The number of ether oxygens (including phenoxy) is 1. The Morgan fingerprint density at radius 3 is 2.71 bits per heavy atom. The standard InChI is InChI=1S/C13H16O3S/c1-17-10-2-9-16-12-6-3-11(4-7-12)5-8-13(14)15/h3-8H,2,9-10H2,1H3,(H,14,15)/b8-5+. The molecular weight excluding hydrogens is 236 g/mol. The van der Waals surface area contributed by atoms with Gasteiger partial charge in [-0.1, -0.05) is 12.1 Å². The van der Waals surface area contributed by atoms with Crippen LogP contribution in [0.2, 0.25) is 0 Å².